The fraction of sp³-hybridized carbons (Fsp3) is 0.304. The van der Waals surface area contributed by atoms with Crippen molar-refractivity contribution < 1.29 is 9.53 Å². The number of halogens is 1. The third-order valence-corrected chi connectivity index (χ3v) is 6.28. The minimum absolute atomic E-state index is 0.0862. The summed E-state index contributed by atoms with van der Waals surface area (Å²) in [6.45, 7) is 6.42. The molecule has 0 radical (unpaired) electrons. The molecular formula is C23H24ClN3O2S. The number of carbonyl (C=O) groups is 1. The van der Waals surface area contributed by atoms with Gasteiger partial charge in [-0.2, -0.15) is 0 Å². The van der Waals surface area contributed by atoms with E-state index >= 15 is 0 Å². The third-order valence-electron chi connectivity index (χ3n) is 5.19. The second kappa shape index (κ2) is 9.16. The fourth-order valence-corrected chi connectivity index (χ4v) is 4.62. The van der Waals surface area contributed by atoms with Crippen LogP contribution in [0.4, 0.5) is 10.8 Å². The molecule has 1 amide bonds. The highest BCUT2D eigenvalue weighted by Gasteiger charge is 2.30. The van der Waals surface area contributed by atoms with Gasteiger partial charge in [0, 0.05) is 34.7 Å². The number of carbonyl (C=O) groups excluding carboxylic acids is 1. The van der Waals surface area contributed by atoms with Crippen LogP contribution < -0.4 is 4.90 Å². The molecule has 1 saturated heterocycles. The van der Waals surface area contributed by atoms with Gasteiger partial charge in [-0.1, -0.05) is 35.9 Å². The zero-order chi connectivity index (χ0) is 21.1. The summed E-state index contributed by atoms with van der Waals surface area (Å²) in [5.41, 5.74) is 3.97. The number of anilines is 2. The van der Waals surface area contributed by atoms with Crippen molar-refractivity contribution in [2.75, 3.05) is 31.2 Å². The number of benzene rings is 2. The molecular weight excluding hydrogens is 418 g/mol. The Balaban J connectivity index is 1.69. The van der Waals surface area contributed by atoms with Gasteiger partial charge in [0.15, 0.2) is 5.13 Å². The Hall–Kier alpha value is -2.41. The SMILES string of the molecule is Cc1cccc(N(c2nc(-c3ccc(Cl)cc3)cs2)[C@H](C)C(=O)N2CCOCC2)c1. The average molecular weight is 442 g/mol. The molecule has 1 aromatic heterocycles. The summed E-state index contributed by atoms with van der Waals surface area (Å²) in [7, 11) is 0. The van der Waals surface area contributed by atoms with E-state index in [4.69, 9.17) is 21.3 Å². The lowest BCUT2D eigenvalue weighted by molar-refractivity contribution is -0.136. The van der Waals surface area contributed by atoms with Crippen LogP contribution in [0.5, 0.6) is 0 Å². The zero-order valence-electron chi connectivity index (χ0n) is 17.0. The molecule has 7 heteroatoms. The molecule has 0 spiro atoms. The minimum Gasteiger partial charge on any atom is -0.378 e. The van der Waals surface area contributed by atoms with Crippen LogP contribution in [-0.4, -0.2) is 48.1 Å². The second-order valence-corrected chi connectivity index (χ2v) is 8.62. The van der Waals surface area contributed by atoms with Crippen LogP contribution in [0.1, 0.15) is 12.5 Å². The van der Waals surface area contributed by atoms with Crippen LogP contribution in [0.25, 0.3) is 11.3 Å². The molecule has 3 aromatic rings. The molecule has 0 N–H and O–H groups in total. The van der Waals surface area contributed by atoms with Gasteiger partial charge in [-0.25, -0.2) is 4.98 Å². The van der Waals surface area contributed by atoms with Gasteiger partial charge in [-0.05, 0) is 43.7 Å². The van der Waals surface area contributed by atoms with Crippen molar-refractivity contribution in [3.63, 3.8) is 0 Å². The Morgan fingerprint density at radius 3 is 2.63 bits per heavy atom. The van der Waals surface area contributed by atoms with Crippen molar-refractivity contribution in [2.45, 2.75) is 19.9 Å². The largest absolute Gasteiger partial charge is 0.378 e. The van der Waals surface area contributed by atoms with Crippen molar-refractivity contribution in [3.8, 4) is 11.3 Å². The molecule has 1 aliphatic rings. The normalized spacial score (nSPS) is 15.1. The van der Waals surface area contributed by atoms with Crippen molar-refractivity contribution in [3.05, 3.63) is 64.5 Å². The van der Waals surface area contributed by atoms with E-state index < -0.39 is 0 Å². The highest BCUT2D eigenvalue weighted by molar-refractivity contribution is 7.14. The molecule has 30 heavy (non-hydrogen) atoms. The molecule has 2 aromatic carbocycles. The van der Waals surface area contributed by atoms with Gasteiger partial charge in [-0.3, -0.25) is 4.79 Å². The number of aromatic nitrogens is 1. The first kappa shape index (κ1) is 20.8. The molecule has 156 valence electrons. The van der Waals surface area contributed by atoms with E-state index in [2.05, 4.69) is 19.1 Å². The Labute approximate surface area is 185 Å². The molecule has 1 fully saturated rings. The van der Waals surface area contributed by atoms with Gasteiger partial charge in [0.2, 0.25) is 5.91 Å². The van der Waals surface area contributed by atoms with E-state index in [9.17, 15) is 4.79 Å². The lowest BCUT2D eigenvalue weighted by Crippen LogP contribution is -2.49. The molecule has 0 saturated carbocycles. The van der Waals surface area contributed by atoms with E-state index in [1.54, 1.807) is 0 Å². The first-order chi connectivity index (χ1) is 14.5. The van der Waals surface area contributed by atoms with E-state index in [0.29, 0.717) is 31.3 Å². The van der Waals surface area contributed by atoms with Gasteiger partial charge in [0.1, 0.15) is 6.04 Å². The first-order valence-electron chi connectivity index (χ1n) is 9.97. The van der Waals surface area contributed by atoms with Crippen LogP contribution in [0.3, 0.4) is 0 Å². The van der Waals surface area contributed by atoms with E-state index in [0.717, 1.165) is 27.6 Å². The van der Waals surface area contributed by atoms with Gasteiger partial charge in [-0.15, -0.1) is 11.3 Å². The molecule has 1 atom stereocenters. The highest BCUT2D eigenvalue weighted by Crippen LogP contribution is 2.35. The quantitative estimate of drug-likeness (QED) is 0.548. The molecule has 2 heterocycles. The monoisotopic (exact) mass is 441 g/mol. The Kier molecular flexibility index (Phi) is 6.37. The predicted octanol–water partition coefficient (Wildman–Crippen LogP) is 5.16. The Bertz CT molecular complexity index is 1020. The molecule has 0 aliphatic carbocycles. The number of ether oxygens (including phenoxy) is 1. The second-order valence-electron chi connectivity index (χ2n) is 7.34. The number of hydrogen-bond donors (Lipinski definition) is 0. The Morgan fingerprint density at radius 1 is 1.20 bits per heavy atom. The minimum atomic E-state index is -0.380. The maximum atomic E-state index is 13.3. The smallest absolute Gasteiger partial charge is 0.245 e. The number of nitrogens with zero attached hydrogens (tertiary/aromatic N) is 3. The number of hydrogen-bond acceptors (Lipinski definition) is 5. The van der Waals surface area contributed by atoms with Crippen molar-refractivity contribution in [1.29, 1.82) is 0 Å². The summed E-state index contributed by atoms with van der Waals surface area (Å²) >= 11 is 7.56. The lowest BCUT2D eigenvalue weighted by Gasteiger charge is -2.34. The van der Waals surface area contributed by atoms with Crippen molar-refractivity contribution >= 4 is 39.7 Å². The lowest BCUT2D eigenvalue weighted by atomic mass is 10.1. The molecule has 5 nitrogen and oxygen atoms in total. The van der Waals surface area contributed by atoms with Gasteiger partial charge in [0.05, 0.1) is 18.9 Å². The van der Waals surface area contributed by atoms with Gasteiger partial charge in [0.25, 0.3) is 0 Å². The summed E-state index contributed by atoms with van der Waals surface area (Å²) in [6.07, 6.45) is 0. The first-order valence-corrected chi connectivity index (χ1v) is 11.2. The van der Waals surface area contributed by atoms with Crippen LogP contribution in [0.2, 0.25) is 5.02 Å². The molecule has 0 bridgehead atoms. The number of thiazole rings is 1. The summed E-state index contributed by atoms with van der Waals surface area (Å²) in [4.78, 5) is 22.1. The highest BCUT2D eigenvalue weighted by atomic mass is 35.5. The number of aryl methyl sites for hydroxylation is 1. The zero-order valence-corrected chi connectivity index (χ0v) is 18.6. The van der Waals surface area contributed by atoms with E-state index in [1.807, 2.05) is 58.5 Å². The standard InChI is InChI=1S/C23H24ClN3O2S/c1-16-4-3-5-20(14-16)27(17(2)22(28)26-10-12-29-13-11-26)23-25-21(15-30-23)18-6-8-19(24)9-7-18/h3-9,14-15,17H,10-13H2,1-2H3/t17-/m1/s1. The maximum Gasteiger partial charge on any atom is 0.245 e. The van der Waals surface area contributed by atoms with Crippen molar-refractivity contribution in [2.24, 2.45) is 0 Å². The van der Waals surface area contributed by atoms with Crippen LogP contribution in [0, 0.1) is 6.92 Å². The number of rotatable bonds is 5. The van der Waals surface area contributed by atoms with Crippen LogP contribution in [0.15, 0.2) is 53.9 Å². The summed E-state index contributed by atoms with van der Waals surface area (Å²) in [5.74, 6) is 0.0862. The summed E-state index contributed by atoms with van der Waals surface area (Å²) in [6, 6.07) is 15.4. The van der Waals surface area contributed by atoms with Gasteiger partial charge >= 0.3 is 0 Å². The molecule has 0 unspecified atom stereocenters. The maximum absolute atomic E-state index is 13.3. The molecule has 1 aliphatic heterocycles. The topological polar surface area (TPSA) is 45.7 Å². The summed E-state index contributed by atoms with van der Waals surface area (Å²) in [5, 5.41) is 3.51. The summed E-state index contributed by atoms with van der Waals surface area (Å²) < 4.78 is 5.41. The fourth-order valence-electron chi connectivity index (χ4n) is 3.56. The molecule has 4 rings (SSSR count). The Morgan fingerprint density at radius 2 is 1.93 bits per heavy atom. The number of amides is 1. The van der Waals surface area contributed by atoms with Crippen LogP contribution in [-0.2, 0) is 9.53 Å². The van der Waals surface area contributed by atoms with Gasteiger partial charge < -0.3 is 14.5 Å². The van der Waals surface area contributed by atoms with E-state index in [1.165, 1.54) is 11.3 Å². The van der Waals surface area contributed by atoms with Crippen molar-refractivity contribution in [1.82, 2.24) is 9.88 Å². The average Bonchev–Trinajstić information content (AvgIpc) is 3.24. The van der Waals surface area contributed by atoms with Crippen LogP contribution >= 0.6 is 22.9 Å². The number of morpholine rings is 1. The third kappa shape index (κ3) is 4.51. The predicted molar refractivity (Wildman–Crippen MR) is 123 cm³/mol. The van der Waals surface area contributed by atoms with E-state index in [-0.39, 0.29) is 11.9 Å².